The zero-order chi connectivity index (χ0) is 10.9. The smallest absolute Gasteiger partial charge is 0.350 e. The van der Waals surface area contributed by atoms with Crippen LogP contribution in [0.4, 0.5) is 4.39 Å². The van der Waals surface area contributed by atoms with E-state index in [4.69, 9.17) is 17.6 Å². The molecule has 0 saturated heterocycles. The number of aliphatic hydroxyl groups excluding tert-OH is 1. The molecular formula is C6H11BFO5P. The van der Waals surface area contributed by atoms with E-state index in [0.717, 1.165) is 0 Å². The second kappa shape index (κ2) is 4.29. The molecule has 1 aliphatic carbocycles. The molecule has 0 heterocycles. The van der Waals surface area contributed by atoms with Crippen LogP contribution >= 0.6 is 7.60 Å². The van der Waals surface area contributed by atoms with Crippen molar-refractivity contribution < 1.29 is 28.6 Å². The molecule has 1 fully saturated rings. The Bertz CT molecular complexity index is 246. The molecule has 0 aromatic rings. The summed E-state index contributed by atoms with van der Waals surface area (Å²) in [5, 5.41) is 9.19. The molecule has 0 aromatic carbocycles. The Balaban J connectivity index is 2.44. The number of halogens is 1. The van der Waals surface area contributed by atoms with Gasteiger partial charge in [0.1, 0.15) is 18.6 Å². The average Bonchev–Trinajstić information content (AvgIpc) is 2.28. The molecule has 0 spiro atoms. The maximum atomic E-state index is 12.9. The largest absolute Gasteiger partial charge is 0.387 e. The maximum absolute atomic E-state index is 12.9. The molecular weight excluding hydrogens is 213 g/mol. The average molecular weight is 224 g/mol. The standard InChI is InChI=1S/C6H11BFO5P/c7-3-1-4(6(9)5(3)8)13-2-14(10,11)12/h3-6,9H,1-2H2,(H2,10,11,12). The first-order valence-corrected chi connectivity index (χ1v) is 5.85. The molecule has 2 radical (unpaired) electrons. The van der Waals surface area contributed by atoms with Crippen molar-refractivity contribution in [1.29, 1.82) is 0 Å². The van der Waals surface area contributed by atoms with E-state index in [9.17, 15) is 14.1 Å². The van der Waals surface area contributed by atoms with Gasteiger partial charge in [0.05, 0.1) is 14.0 Å². The lowest BCUT2D eigenvalue weighted by Gasteiger charge is -2.16. The van der Waals surface area contributed by atoms with Gasteiger partial charge in [-0.05, 0) is 12.2 Å². The van der Waals surface area contributed by atoms with Crippen molar-refractivity contribution in [3.05, 3.63) is 0 Å². The molecule has 0 bridgehead atoms. The van der Waals surface area contributed by atoms with Crippen molar-refractivity contribution in [2.45, 2.75) is 30.6 Å². The Morgan fingerprint density at radius 2 is 2.14 bits per heavy atom. The summed E-state index contributed by atoms with van der Waals surface area (Å²) in [7, 11) is 1.01. The molecule has 14 heavy (non-hydrogen) atoms. The quantitative estimate of drug-likeness (QED) is 0.447. The van der Waals surface area contributed by atoms with Gasteiger partial charge in [-0.2, -0.15) is 0 Å². The summed E-state index contributed by atoms with van der Waals surface area (Å²) in [6, 6.07) is 0. The van der Waals surface area contributed by atoms with Gasteiger partial charge < -0.3 is 19.6 Å². The van der Waals surface area contributed by atoms with Gasteiger partial charge in [0, 0.05) is 0 Å². The van der Waals surface area contributed by atoms with Crippen LogP contribution in [0, 0.1) is 0 Å². The van der Waals surface area contributed by atoms with Gasteiger partial charge in [0.15, 0.2) is 0 Å². The summed E-state index contributed by atoms with van der Waals surface area (Å²) in [6.07, 6.45) is -4.71. The first-order chi connectivity index (χ1) is 6.31. The molecule has 3 N–H and O–H groups in total. The maximum Gasteiger partial charge on any atom is 0.350 e. The molecule has 1 aliphatic rings. The normalized spacial score (nSPS) is 38.9. The summed E-state index contributed by atoms with van der Waals surface area (Å²) in [5.41, 5.74) is 0. The first-order valence-electron chi connectivity index (χ1n) is 4.05. The Morgan fingerprint density at radius 1 is 1.57 bits per heavy atom. The van der Waals surface area contributed by atoms with Crippen LogP contribution in [0.1, 0.15) is 6.42 Å². The fourth-order valence-corrected chi connectivity index (χ4v) is 1.74. The number of hydrogen-bond donors (Lipinski definition) is 3. The van der Waals surface area contributed by atoms with Gasteiger partial charge in [-0.25, -0.2) is 4.39 Å². The van der Waals surface area contributed by atoms with Gasteiger partial charge in [-0.3, -0.25) is 4.57 Å². The Morgan fingerprint density at radius 3 is 2.50 bits per heavy atom. The van der Waals surface area contributed by atoms with Crippen molar-refractivity contribution in [2.24, 2.45) is 0 Å². The molecule has 1 saturated carbocycles. The van der Waals surface area contributed by atoms with Gasteiger partial charge in [-0.1, -0.05) is 0 Å². The zero-order valence-electron chi connectivity index (χ0n) is 7.28. The van der Waals surface area contributed by atoms with E-state index >= 15 is 0 Å². The number of aliphatic hydroxyl groups is 1. The molecule has 0 amide bonds. The molecule has 1 rings (SSSR count). The Labute approximate surface area is 81.8 Å². The van der Waals surface area contributed by atoms with E-state index < -0.39 is 38.1 Å². The van der Waals surface area contributed by atoms with Crippen LogP contribution in [0.25, 0.3) is 0 Å². The van der Waals surface area contributed by atoms with Crippen LogP contribution in [0.2, 0.25) is 5.82 Å². The first kappa shape index (κ1) is 12.1. The number of rotatable bonds is 3. The molecule has 0 aromatic heterocycles. The summed E-state index contributed by atoms with van der Waals surface area (Å²) < 4.78 is 28.0. The van der Waals surface area contributed by atoms with E-state index in [1.54, 1.807) is 0 Å². The second-order valence-electron chi connectivity index (χ2n) is 3.33. The molecule has 4 unspecified atom stereocenters. The fraction of sp³-hybridized carbons (Fsp3) is 1.00. The Kier molecular flexibility index (Phi) is 3.72. The highest BCUT2D eigenvalue weighted by molar-refractivity contribution is 7.51. The van der Waals surface area contributed by atoms with Crippen LogP contribution in [-0.4, -0.2) is 47.5 Å². The second-order valence-corrected chi connectivity index (χ2v) is 4.92. The highest BCUT2D eigenvalue weighted by Gasteiger charge is 2.41. The monoisotopic (exact) mass is 224 g/mol. The van der Waals surface area contributed by atoms with E-state index in [-0.39, 0.29) is 6.42 Å². The predicted octanol–water partition coefficient (Wildman–Crippen LogP) is -0.433. The van der Waals surface area contributed by atoms with E-state index in [1.807, 2.05) is 0 Å². The van der Waals surface area contributed by atoms with Crippen LogP contribution in [0.5, 0.6) is 0 Å². The molecule has 80 valence electrons. The fourth-order valence-electron chi connectivity index (χ4n) is 1.36. The molecule has 8 heteroatoms. The minimum Gasteiger partial charge on any atom is -0.387 e. The molecule has 5 nitrogen and oxygen atoms in total. The van der Waals surface area contributed by atoms with Crippen LogP contribution < -0.4 is 0 Å². The summed E-state index contributed by atoms with van der Waals surface area (Å²) >= 11 is 0. The van der Waals surface area contributed by atoms with E-state index in [0.29, 0.717) is 0 Å². The predicted molar refractivity (Wildman–Crippen MR) is 46.8 cm³/mol. The van der Waals surface area contributed by atoms with Gasteiger partial charge in [0.25, 0.3) is 0 Å². The van der Waals surface area contributed by atoms with Crippen molar-refractivity contribution in [3.63, 3.8) is 0 Å². The minimum atomic E-state index is -4.28. The number of ether oxygens (including phenoxy) is 1. The van der Waals surface area contributed by atoms with Crippen molar-refractivity contribution >= 4 is 15.4 Å². The van der Waals surface area contributed by atoms with E-state index in [1.165, 1.54) is 0 Å². The topological polar surface area (TPSA) is 87.0 Å². The lowest BCUT2D eigenvalue weighted by atomic mass is 9.85. The molecule has 0 aliphatic heterocycles. The third kappa shape index (κ3) is 3.03. The van der Waals surface area contributed by atoms with Crippen molar-refractivity contribution in [3.8, 4) is 0 Å². The lowest BCUT2D eigenvalue weighted by Crippen LogP contribution is -2.29. The summed E-state index contributed by atoms with van der Waals surface area (Å²) in [4.78, 5) is 17.0. The summed E-state index contributed by atoms with van der Waals surface area (Å²) in [5.74, 6) is -0.841. The zero-order valence-corrected chi connectivity index (χ0v) is 8.18. The number of hydrogen-bond acceptors (Lipinski definition) is 3. The third-order valence-corrected chi connectivity index (χ3v) is 2.56. The van der Waals surface area contributed by atoms with Crippen molar-refractivity contribution in [1.82, 2.24) is 0 Å². The van der Waals surface area contributed by atoms with E-state index in [2.05, 4.69) is 4.74 Å². The third-order valence-electron chi connectivity index (χ3n) is 2.08. The van der Waals surface area contributed by atoms with Crippen LogP contribution in [-0.2, 0) is 9.30 Å². The minimum absolute atomic E-state index is 0.0579. The van der Waals surface area contributed by atoms with Gasteiger partial charge >= 0.3 is 7.60 Å². The van der Waals surface area contributed by atoms with Crippen molar-refractivity contribution in [2.75, 3.05) is 6.35 Å². The summed E-state index contributed by atoms with van der Waals surface area (Å²) in [6.45, 7) is 0. The number of alkyl halides is 1. The SMILES string of the molecule is [B]C1CC(OCP(=O)(O)O)C(O)C1F. The van der Waals surface area contributed by atoms with Crippen LogP contribution in [0.3, 0.4) is 0 Å². The Hall–Kier alpha value is 0.0649. The highest BCUT2D eigenvalue weighted by Crippen LogP contribution is 2.38. The molecule has 4 atom stereocenters. The van der Waals surface area contributed by atoms with Gasteiger partial charge in [0.2, 0.25) is 0 Å². The lowest BCUT2D eigenvalue weighted by molar-refractivity contribution is -0.0256. The van der Waals surface area contributed by atoms with Gasteiger partial charge in [-0.15, -0.1) is 0 Å². The highest BCUT2D eigenvalue weighted by atomic mass is 31.2. The van der Waals surface area contributed by atoms with Crippen LogP contribution in [0.15, 0.2) is 0 Å².